The summed E-state index contributed by atoms with van der Waals surface area (Å²) in [4.78, 5) is 15.2. The van der Waals surface area contributed by atoms with Crippen LogP contribution in [0.1, 0.15) is 5.56 Å². The van der Waals surface area contributed by atoms with Crippen LogP contribution < -0.4 is 5.32 Å². The number of nitrogens with one attached hydrogen (secondary N) is 1. The van der Waals surface area contributed by atoms with E-state index in [1.165, 1.54) is 0 Å². The number of rotatable bonds is 5. The van der Waals surface area contributed by atoms with Gasteiger partial charge in [-0.1, -0.05) is 54.6 Å². The number of nitro groups is 1. The van der Waals surface area contributed by atoms with E-state index in [0.29, 0.717) is 12.1 Å². The van der Waals surface area contributed by atoms with E-state index in [0.717, 1.165) is 16.3 Å². The number of benzene rings is 2. The smallest absolute Gasteiger partial charge is 0.288 e. The lowest BCUT2D eigenvalue weighted by Gasteiger charge is -2.14. The molecule has 0 fully saturated rings. The first-order valence-corrected chi connectivity index (χ1v) is 7.01. The maximum atomic E-state index is 11.4. The average molecular weight is 293 g/mol. The number of anilines is 1. The normalized spacial score (nSPS) is 12.0. The average Bonchev–Trinajstić information content (AvgIpc) is 2.55. The van der Waals surface area contributed by atoms with Gasteiger partial charge in [0.15, 0.2) is 0 Å². The molecule has 5 heteroatoms. The minimum atomic E-state index is -0.894. The molecule has 0 aliphatic rings. The van der Waals surface area contributed by atoms with E-state index < -0.39 is 6.17 Å². The fraction of sp³-hybridized carbons (Fsp3) is 0.118. The Morgan fingerprint density at radius 3 is 2.55 bits per heavy atom. The second kappa shape index (κ2) is 6.22. The topological polar surface area (TPSA) is 68.1 Å². The molecular formula is C17H15N3O2. The van der Waals surface area contributed by atoms with Gasteiger partial charge in [-0.05, 0) is 5.56 Å². The van der Waals surface area contributed by atoms with E-state index in [2.05, 4.69) is 10.3 Å². The van der Waals surface area contributed by atoms with Crippen LogP contribution in [-0.4, -0.2) is 16.1 Å². The quantitative estimate of drug-likeness (QED) is 0.444. The van der Waals surface area contributed by atoms with Crippen molar-refractivity contribution in [1.82, 2.24) is 4.98 Å². The van der Waals surface area contributed by atoms with Crippen LogP contribution in [0.3, 0.4) is 0 Å². The molecule has 0 amide bonds. The molecule has 1 aromatic heterocycles. The van der Waals surface area contributed by atoms with Crippen molar-refractivity contribution in [3.63, 3.8) is 0 Å². The molecule has 3 rings (SSSR count). The van der Waals surface area contributed by atoms with Gasteiger partial charge in [0, 0.05) is 21.9 Å². The number of pyridine rings is 1. The number of hydrogen-bond acceptors (Lipinski definition) is 4. The molecule has 1 heterocycles. The second-order valence-electron chi connectivity index (χ2n) is 5.04. The summed E-state index contributed by atoms with van der Waals surface area (Å²) in [6.45, 7) is 0. The van der Waals surface area contributed by atoms with Crippen LogP contribution in [0.5, 0.6) is 0 Å². The third kappa shape index (κ3) is 3.03. The molecule has 3 aromatic rings. The van der Waals surface area contributed by atoms with Gasteiger partial charge in [0.1, 0.15) is 0 Å². The summed E-state index contributed by atoms with van der Waals surface area (Å²) < 4.78 is 0. The van der Waals surface area contributed by atoms with Crippen LogP contribution in [0, 0.1) is 10.1 Å². The maximum Gasteiger partial charge on any atom is 0.288 e. The Kier molecular flexibility index (Phi) is 3.96. The third-order valence-corrected chi connectivity index (χ3v) is 3.52. The summed E-state index contributed by atoms with van der Waals surface area (Å²) in [6.07, 6.45) is 2.80. The first-order valence-electron chi connectivity index (χ1n) is 7.01. The van der Waals surface area contributed by atoms with E-state index in [4.69, 9.17) is 0 Å². The molecule has 5 nitrogen and oxygen atoms in total. The third-order valence-electron chi connectivity index (χ3n) is 3.52. The van der Waals surface area contributed by atoms with Crippen LogP contribution in [0.4, 0.5) is 5.69 Å². The zero-order valence-corrected chi connectivity index (χ0v) is 11.8. The molecule has 1 N–H and O–H groups in total. The highest BCUT2D eigenvalue weighted by Gasteiger charge is 2.21. The van der Waals surface area contributed by atoms with Crippen molar-refractivity contribution in [2.24, 2.45) is 0 Å². The standard InChI is InChI=1S/C17H15N3O2/c21-20(22)17(10-13-6-2-1-3-7-13)19-16-12-18-11-14-8-4-5-9-15(14)16/h1-9,11-12,17,19H,10H2. The van der Waals surface area contributed by atoms with Gasteiger partial charge in [-0.3, -0.25) is 15.1 Å². The first-order chi connectivity index (χ1) is 10.7. The monoisotopic (exact) mass is 293 g/mol. The highest BCUT2D eigenvalue weighted by Crippen LogP contribution is 2.22. The molecule has 1 atom stereocenters. The van der Waals surface area contributed by atoms with Gasteiger partial charge in [-0.2, -0.15) is 0 Å². The number of nitrogens with zero attached hydrogens (tertiary/aromatic N) is 2. The van der Waals surface area contributed by atoms with Crippen LogP contribution in [0.15, 0.2) is 67.0 Å². The molecular weight excluding hydrogens is 278 g/mol. The molecule has 0 saturated heterocycles. The minimum absolute atomic E-state index is 0.297. The Morgan fingerprint density at radius 2 is 1.77 bits per heavy atom. The van der Waals surface area contributed by atoms with Crippen molar-refractivity contribution in [3.8, 4) is 0 Å². The SMILES string of the molecule is O=[N+]([O-])C(Cc1ccccc1)Nc1cncc2ccccc12. The summed E-state index contributed by atoms with van der Waals surface area (Å²) in [5.41, 5.74) is 1.60. The predicted octanol–water partition coefficient (Wildman–Crippen LogP) is 3.49. The van der Waals surface area contributed by atoms with Gasteiger partial charge in [-0.25, -0.2) is 0 Å². The van der Waals surface area contributed by atoms with Gasteiger partial charge in [-0.15, -0.1) is 0 Å². The maximum absolute atomic E-state index is 11.4. The Morgan fingerprint density at radius 1 is 1.05 bits per heavy atom. The first kappa shape index (κ1) is 14.0. The molecule has 0 saturated carbocycles. The number of aromatic nitrogens is 1. The summed E-state index contributed by atoms with van der Waals surface area (Å²) in [5.74, 6) is 0. The Balaban J connectivity index is 1.88. The molecule has 110 valence electrons. The fourth-order valence-corrected chi connectivity index (χ4v) is 2.43. The summed E-state index contributed by atoms with van der Waals surface area (Å²) in [7, 11) is 0. The lowest BCUT2D eigenvalue weighted by atomic mass is 10.1. The van der Waals surface area contributed by atoms with E-state index in [1.54, 1.807) is 12.4 Å². The Bertz CT molecular complexity index is 785. The van der Waals surface area contributed by atoms with Gasteiger partial charge in [0.05, 0.1) is 18.3 Å². The van der Waals surface area contributed by atoms with Crippen LogP contribution >= 0.6 is 0 Å². The zero-order chi connectivity index (χ0) is 15.4. The van der Waals surface area contributed by atoms with Crippen molar-refractivity contribution in [1.29, 1.82) is 0 Å². The predicted molar refractivity (Wildman–Crippen MR) is 86.3 cm³/mol. The summed E-state index contributed by atoms with van der Waals surface area (Å²) in [5, 5.41) is 16.3. The number of fused-ring (bicyclic) bond motifs is 1. The number of hydrogen-bond donors (Lipinski definition) is 1. The molecule has 0 aliphatic heterocycles. The van der Waals surface area contributed by atoms with Crippen LogP contribution in [-0.2, 0) is 6.42 Å². The van der Waals surface area contributed by atoms with Crippen molar-refractivity contribution in [3.05, 3.63) is 82.7 Å². The van der Waals surface area contributed by atoms with Gasteiger partial charge in [0.25, 0.3) is 6.17 Å². The van der Waals surface area contributed by atoms with E-state index in [-0.39, 0.29) is 4.92 Å². The summed E-state index contributed by atoms with van der Waals surface area (Å²) >= 11 is 0. The van der Waals surface area contributed by atoms with E-state index in [9.17, 15) is 10.1 Å². The molecule has 0 bridgehead atoms. The molecule has 22 heavy (non-hydrogen) atoms. The van der Waals surface area contributed by atoms with Crippen LogP contribution in [0.2, 0.25) is 0 Å². The van der Waals surface area contributed by atoms with Crippen molar-refractivity contribution >= 4 is 16.5 Å². The van der Waals surface area contributed by atoms with Crippen molar-refractivity contribution < 1.29 is 4.92 Å². The van der Waals surface area contributed by atoms with Crippen molar-refractivity contribution in [2.45, 2.75) is 12.6 Å². The minimum Gasteiger partial charge on any atom is -0.321 e. The molecule has 0 spiro atoms. The van der Waals surface area contributed by atoms with Gasteiger partial charge >= 0.3 is 0 Å². The molecule has 2 aromatic carbocycles. The Hall–Kier alpha value is -2.95. The highest BCUT2D eigenvalue weighted by atomic mass is 16.6. The largest absolute Gasteiger partial charge is 0.321 e. The highest BCUT2D eigenvalue weighted by molar-refractivity contribution is 5.92. The van der Waals surface area contributed by atoms with Gasteiger partial charge in [0.2, 0.25) is 0 Å². The van der Waals surface area contributed by atoms with Crippen LogP contribution in [0.25, 0.3) is 10.8 Å². The van der Waals surface area contributed by atoms with E-state index >= 15 is 0 Å². The molecule has 0 aliphatic carbocycles. The van der Waals surface area contributed by atoms with Gasteiger partial charge < -0.3 is 5.32 Å². The zero-order valence-electron chi connectivity index (χ0n) is 11.8. The fourth-order valence-electron chi connectivity index (χ4n) is 2.43. The lowest BCUT2D eigenvalue weighted by Crippen LogP contribution is -2.31. The molecule has 1 unspecified atom stereocenters. The van der Waals surface area contributed by atoms with Crippen molar-refractivity contribution in [2.75, 3.05) is 5.32 Å². The molecule has 0 radical (unpaired) electrons. The second-order valence-corrected chi connectivity index (χ2v) is 5.04. The summed E-state index contributed by atoms with van der Waals surface area (Å²) in [6, 6.07) is 17.1. The Labute approximate surface area is 127 Å². The lowest BCUT2D eigenvalue weighted by molar-refractivity contribution is -0.514. The van der Waals surface area contributed by atoms with E-state index in [1.807, 2.05) is 54.6 Å².